The molecule has 0 saturated heterocycles. The van der Waals surface area contributed by atoms with Crippen LogP contribution in [0.1, 0.15) is 16.7 Å². The molecular formula is C26H24FN5O2S. The van der Waals surface area contributed by atoms with Gasteiger partial charge in [0.2, 0.25) is 11.0 Å². The highest BCUT2D eigenvalue weighted by Crippen LogP contribution is 2.26. The van der Waals surface area contributed by atoms with Crippen LogP contribution in [-0.2, 0) is 11.2 Å². The molecule has 1 heterocycles. The zero-order valence-corrected chi connectivity index (χ0v) is 20.0. The molecule has 1 aromatic heterocycles. The summed E-state index contributed by atoms with van der Waals surface area (Å²) in [6.07, 6.45) is 0.288. The number of nitrogens with zero attached hydrogens (tertiary/aromatic N) is 2. The summed E-state index contributed by atoms with van der Waals surface area (Å²) in [4.78, 5) is 25.9. The van der Waals surface area contributed by atoms with Crippen molar-refractivity contribution < 1.29 is 14.0 Å². The van der Waals surface area contributed by atoms with Gasteiger partial charge in [0.05, 0.1) is 0 Å². The second-order valence-corrected chi connectivity index (χ2v) is 9.03. The highest BCUT2D eigenvalue weighted by Gasteiger charge is 2.23. The summed E-state index contributed by atoms with van der Waals surface area (Å²) in [6, 6.07) is 19.5. The lowest BCUT2D eigenvalue weighted by molar-refractivity contribution is -0.117. The van der Waals surface area contributed by atoms with E-state index >= 15 is 0 Å². The number of nitrogens with one attached hydrogen (secondary N) is 3. The Bertz CT molecular complexity index is 1330. The second kappa shape index (κ2) is 10.9. The highest BCUT2D eigenvalue weighted by molar-refractivity contribution is 7.18. The van der Waals surface area contributed by atoms with E-state index in [0.717, 1.165) is 28.0 Å². The Hall–Kier alpha value is -4.11. The molecular weight excluding hydrogens is 465 g/mol. The Labute approximate surface area is 206 Å². The monoisotopic (exact) mass is 489 g/mol. The topological polar surface area (TPSA) is 96.0 Å². The van der Waals surface area contributed by atoms with Crippen molar-refractivity contribution in [2.75, 3.05) is 10.6 Å². The van der Waals surface area contributed by atoms with Gasteiger partial charge in [0, 0.05) is 17.7 Å². The van der Waals surface area contributed by atoms with Crippen molar-refractivity contribution in [3.8, 4) is 10.6 Å². The molecule has 9 heteroatoms. The minimum Gasteiger partial charge on any atom is -0.326 e. The predicted molar refractivity (Wildman–Crippen MR) is 136 cm³/mol. The normalized spacial score (nSPS) is 11.5. The summed E-state index contributed by atoms with van der Waals surface area (Å²) in [5, 5.41) is 17.2. The van der Waals surface area contributed by atoms with Crippen molar-refractivity contribution in [1.82, 2.24) is 15.5 Å². The predicted octanol–water partition coefficient (Wildman–Crippen LogP) is 5.33. The molecule has 0 aliphatic rings. The lowest BCUT2D eigenvalue weighted by Gasteiger charge is -2.18. The molecule has 3 aromatic carbocycles. The fraction of sp³-hybridized carbons (Fsp3) is 0.154. The van der Waals surface area contributed by atoms with E-state index in [4.69, 9.17) is 0 Å². The van der Waals surface area contributed by atoms with Crippen molar-refractivity contribution >= 4 is 34.1 Å². The van der Waals surface area contributed by atoms with Crippen LogP contribution in [0, 0.1) is 19.7 Å². The third kappa shape index (κ3) is 6.48. The summed E-state index contributed by atoms with van der Waals surface area (Å²) < 4.78 is 13.2. The van der Waals surface area contributed by atoms with Crippen LogP contribution in [-0.4, -0.2) is 28.2 Å². The van der Waals surface area contributed by atoms with E-state index in [1.165, 1.54) is 12.1 Å². The molecule has 0 aliphatic heterocycles. The van der Waals surface area contributed by atoms with E-state index in [2.05, 4.69) is 26.1 Å². The lowest BCUT2D eigenvalue weighted by atomic mass is 10.1. The Morgan fingerprint density at radius 2 is 1.66 bits per heavy atom. The molecule has 0 bridgehead atoms. The molecule has 1 unspecified atom stereocenters. The maximum Gasteiger partial charge on any atom is 0.319 e. The summed E-state index contributed by atoms with van der Waals surface area (Å²) in [7, 11) is 0. The van der Waals surface area contributed by atoms with Gasteiger partial charge in [-0.2, -0.15) is 0 Å². The number of carbonyl (C=O) groups excluding carboxylic acids is 2. The van der Waals surface area contributed by atoms with Gasteiger partial charge in [-0.25, -0.2) is 9.18 Å². The molecule has 4 rings (SSSR count). The van der Waals surface area contributed by atoms with E-state index in [9.17, 15) is 14.0 Å². The molecule has 7 nitrogen and oxygen atoms in total. The molecule has 0 radical (unpaired) electrons. The van der Waals surface area contributed by atoms with Gasteiger partial charge in [0.1, 0.15) is 16.9 Å². The standard InChI is InChI=1S/C26H24FN5O2S/c1-16-8-13-21(14-17(16)2)28-25(34)29-22(15-18-6-4-3-5-7-18)23(33)30-26-32-31-24(35-26)19-9-11-20(27)12-10-19/h3-14,22H,15H2,1-2H3,(H2,28,29,34)(H,30,32,33). The number of aromatic nitrogens is 2. The van der Waals surface area contributed by atoms with E-state index < -0.39 is 18.0 Å². The Kier molecular flexibility index (Phi) is 7.47. The maximum absolute atomic E-state index is 13.2. The molecule has 1 atom stereocenters. The first-order valence-corrected chi connectivity index (χ1v) is 11.8. The molecule has 0 aliphatic carbocycles. The van der Waals surface area contributed by atoms with Crippen molar-refractivity contribution in [1.29, 1.82) is 0 Å². The summed E-state index contributed by atoms with van der Waals surface area (Å²) in [5.74, 6) is -0.772. The third-order valence-corrected chi connectivity index (χ3v) is 6.30. The van der Waals surface area contributed by atoms with Gasteiger partial charge in [0.15, 0.2) is 0 Å². The third-order valence-electron chi connectivity index (χ3n) is 5.42. The summed E-state index contributed by atoms with van der Waals surface area (Å²) in [5.41, 5.74) is 4.39. The first kappa shape index (κ1) is 24.0. The number of amides is 3. The zero-order chi connectivity index (χ0) is 24.8. The number of hydrogen-bond donors (Lipinski definition) is 3. The molecule has 35 heavy (non-hydrogen) atoms. The van der Waals surface area contributed by atoms with Gasteiger partial charge >= 0.3 is 6.03 Å². The smallest absolute Gasteiger partial charge is 0.319 e. The highest BCUT2D eigenvalue weighted by atomic mass is 32.1. The molecule has 4 aromatic rings. The largest absolute Gasteiger partial charge is 0.326 e. The van der Waals surface area contributed by atoms with E-state index in [1.54, 1.807) is 12.1 Å². The second-order valence-electron chi connectivity index (χ2n) is 8.05. The van der Waals surface area contributed by atoms with Crippen molar-refractivity contribution in [3.63, 3.8) is 0 Å². The first-order valence-electron chi connectivity index (χ1n) is 11.0. The minimum absolute atomic E-state index is 0.281. The van der Waals surface area contributed by atoms with Gasteiger partial charge in [-0.15, -0.1) is 10.2 Å². The van der Waals surface area contributed by atoms with Crippen LogP contribution in [0.3, 0.4) is 0 Å². The van der Waals surface area contributed by atoms with Crippen molar-refractivity contribution in [2.24, 2.45) is 0 Å². The number of rotatable bonds is 7. The number of hydrogen-bond acceptors (Lipinski definition) is 5. The van der Waals surface area contributed by atoms with Crippen LogP contribution in [0.15, 0.2) is 72.8 Å². The number of anilines is 2. The van der Waals surface area contributed by atoms with Gasteiger partial charge in [0.25, 0.3) is 0 Å². The molecule has 0 fully saturated rings. The Morgan fingerprint density at radius 3 is 2.37 bits per heavy atom. The van der Waals surface area contributed by atoms with E-state index in [0.29, 0.717) is 16.3 Å². The maximum atomic E-state index is 13.2. The fourth-order valence-electron chi connectivity index (χ4n) is 3.38. The average molecular weight is 490 g/mol. The number of halogens is 1. The molecule has 3 amide bonds. The van der Waals surface area contributed by atoms with Gasteiger partial charge in [-0.05, 0) is 66.9 Å². The quantitative estimate of drug-likeness (QED) is 0.327. The van der Waals surface area contributed by atoms with Crippen LogP contribution in [0.4, 0.5) is 20.0 Å². The molecule has 3 N–H and O–H groups in total. The Balaban J connectivity index is 1.47. The molecule has 178 valence electrons. The lowest BCUT2D eigenvalue weighted by Crippen LogP contribution is -2.46. The van der Waals surface area contributed by atoms with Crippen molar-refractivity contribution in [2.45, 2.75) is 26.3 Å². The minimum atomic E-state index is -0.859. The molecule has 0 spiro atoms. The van der Waals surface area contributed by atoms with Crippen LogP contribution in [0.25, 0.3) is 10.6 Å². The van der Waals surface area contributed by atoms with Gasteiger partial charge in [-0.3, -0.25) is 10.1 Å². The van der Waals surface area contributed by atoms with Crippen LogP contribution in [0.5, 0.6) is 0 Å². The van der Waals surface area contributed by atoms with Gasteiger partial charge < -0.3 is 10.6 Å². The SMILES string of the molecule is Cc1ccc(NC(=O)NC(Cc2ccccc2)C(=O)Nc2nnc(-c3ccc(F)cc3)s2)cc1C. The molecule has 0 saturated carbocycles. The number of carbonyl (C=O) groups is 2. The van der Waals surface area contributed by atoms with E-state index in [1.807, 2.05) is 62.4 Å². The average Bonchev–Trinajstić information content (AvgIpc) is 3.30. The van der Waals surface area contributed by atoms with Crippen LogP contribution < -0.4 is 16.0 Å². The number of aryl methyl sites for hydroxylation is 2. The van der Waals surface area contributed by atoms with Crippen LogP contribution in [0.2, 0.25) is 0 Å². The Morgan fingerprint density at radius 1 is 0.914 bits per heavy atom. The van der Waals surface area contributed by atoms with Crippen LogP contribution >= 0.6 is 11.3 Å². The van der Waals surface area contributed by atoms with Crippen molar-refractivity contribution in [3.05, 3.63) is 95.3 Å². The van der Waals surface area contributed by atoms with Gasteiger partial charge in [-0.1, -0.05) is 47.7 Å². The zero-order valence-electron chi connectivity index (χ0n) is 19.2. The summed E-state index contributed by atoms with van der Waals surface area (Å²) >= 11 is 1.16. The number of urea groups is 1. The summed E-state index contributed by atoms with van der Waals surface area (Å²) in [6.45, 7) is 3.96. The number of benzene rings is 3. The first-order chi connectivity index (χ1) is 16.9. The van der Waals surface area contributed by atoms with E-state index in [-0.39, 0.29) is 17.4 Å². The fourth-order valence-corrected chi connectivity index (χ4v) is 4.13.